The Morgan fingerprint density at radius 3 is 1.11 bits per heavy atom. The van der Waals surface area contributed by atoms with Crippen molar-refractivity contribution in [3.63, 3.8) is 0 Å². The molecule has 0 bridgehead atoms. The maximum Gasteiger partial charge on any atom is 0.258 e. The van der Waals surface area contributed by atoms with Gasteiger partial charge < -0.3 is 14.7 Å². The van der Waals surface area contributed by atoms with Crippen molar-refractivity contribution in [1.82, 2.24) is 29.7 Å². The van der Waals surface area contributed by atoms with Gasteiger partial charge in [-0.2, -0.15) is 0 Å². The largest absolute Gasteiger partial charge is 0.307 e. The molecule has 3 spiro atoms. The molecule has 9 aromatic carbocycles. The molecule has 12 nitrogen and oxygen atoms in total. The zero-order valence-corrected chi connectivity index (χ0v) is 76.6. The second-order valence-electron chi connectivity index (χ2n) is 33.8. The minimum atomic E-state index is -0.259. The molecule has 9 heterocycles. The van der Waals surface area contributed by atoms with Crippen LogP contribution in [0.3, 0.4) is 0 Å². The Balaban J connectivity index is 0.000000140. The second kappa shape index (κ2) is 39.9. The summed E-state index contributed by atoms with van der Waals surface area (Å²) in [6.45, 7) is 19.4. The third-order valence-electron chi connectivity index (χ3n) is 25.0. The first kappa shape index (κ1) is 90.2. The van der Waals surface area contributed by atoms with E-state index in [0.717, 1.165) is 187 Å². The number of aryl methyl sites for hydroxylation is 5. The standard InChI is InChI=1S/C35H32Cl2FN3OS.C35H33ClFN3OS.C34H30ClF2N3OS/c1-23-5-6-25(31(36)18-23)4-3-15-40-16-13-35(14-17-40)22-41(34(42)26-19-24(2)39-33(37)20-26)32-12-11-29(21-30(32)35)43-28-9-7-27(38)8-10-28;1-24-5-6-26(32(36)20-24)4-3-17-39-18-14-35(15-19-39)23-40(34(41)27-13-16-38-25(2)21-27)33-12-11-30(22-31(33)35)42-29-9-7-28(37)8-10-29;1-23-4-5-24(19-30(23)37)3-2-16-39-17-13-34(14-18-39)22-40(33(41)25-12-15-38-32(35)20-25)31-11-10-28(21-29(31)34)42-27-8-6-26(36)7-9-27/h3-12,18-21H,13-17,22H2,1-2H3;3-13,16,20-22H,14-15,17-19,23H2,1-2H3;2-12,15,19-21H,13-14,16-18,22H2,1H3/b2*4-3+;3-2+. The van der Waals surface area contributed by atoms with Gasteiger partial charge in [0, 0.05) is 152 Å². The lowest BCUT2D eigenvalue weighted by Crippen LogP contribution is -2.46. The number of hydrogen-bond donors (Lipinski definition) is 0. The highest BCUT2D eigenvalue weighted by molar-refractivity contribution is 7.99. The predicted molar refractivity (Wildman–Crippen MR) is 511 cm³/mol. The van der Waals surface area contributed by atoms with Crippen LogP contribution in [-0.4, -0.2) is 126 Å². The van der Waals surface area contributed by atoms with E-state index in [1.165, 1.54) is 53.1 Å². The van der Waals surface area contributed by atoms with Crippen LogP contribution in [0.1, 0.15) is 131 Å². The number of likely N-dealkylation sites (tertiary alicyclic amines) is 3. The molecule has 6 aliphatic rings. The summed E-state index contributed by atoms with van der Waals surface area (Å²) in [6.07, 6.45) is 21.5. The molecule has 3 saturated heterocycles. The number of rotatable bonds is 18. The van der Waals surface area contributed by atoms with Crippen molar-refractivity contribution in [2.24, 2.45) is 0 Å². The zero-order chi connectivity index (χ0) is 88.7. The van der Waals surface area contributed by atoms with Gasteiger partial charge in [0.15, 0.2) is 0 Å². The number of aromatic nitrogens is 3. The Morgan fingerprint density at radius 1 is 0.370 bits per heavy atom. The molecule has 0 saturated carbocycles. The van der Waals surface area contributed by atoms with Crippen molar-refractivity contribution in [2.45, 2.75) is 119 Å². The molecule has 648 valence electrons. The molecular weight excluding hydrogens is 1740 g/mol. The SMILES string of the molecule is Cc1ccc(/C=C/CN2CCC3(CC2)CN(C(=O)c2cc(C)nc(Cl)c2)c2ccc(Sc4ccc(F)cc4)cc23)c(Cl)c1.Cc1ccc(/C=C/CN2CCC3(CC2)CN(C(=O)c2ccnc(C)c2)c2ccc(Sc4ccc(F)cc4)cc23)c(Cl)c1.Cc1ccc(/C=C/CN2CCC3(CC2)CN(C(=O)c2ccnc(Cl)c2)c2ccc(Sc4ccc(F)cc4)cc23)cc1F. The zero-order valence-electron chi connectivity index (χ0n) is 71.1. The number of piperidine rings is 3. The summed E-state index contributed by atoms with van der Waals surface area (Å²) < 4.78 is 54.4. The first-order valence-electron chi connectivity index (χ1n) is 42.6. The van der Waals surface area contributed by atoms with Gasteiger partial charge in [0.2, 0.25) is 0 Å². The normalized spacial score (nSPS) is 16.3. The average Bonchev–Trinajstić information content (AvgIpc) is 1.60. The van der Waals surface area contributed by atoms with Crippen molar-refractivity contribution in [1.29, 1.82) is 0 Å². The molecule has 3 aromatic heterocycles. The summed E-state index contributed by atoms with van der Waals surface area (Å²) in [6, 6.07) is 66.6. The van der Waals surface area contributed by atoms with Crippen LogP contribution in [0.4, 0.5) is 34.6 Å². The Kier molecular flexibility index (Phi) is 28.3. The van der Waals surface area contributed by atoms with Crippen molar-refractivity contribution < 1.29 is 31.9 Å². The van der Waals surface area contributed by atoms with Gasteiger partial charge in [0.25, 0.3) is 17.7 Å². The molecule has 18 rings (SSSR count). The highest BCUT2D eigenvalue weighted by Crippen LogP contribution is 2.53. The fraction of sp³-hybridized carbons (Fsp3) is 0.250. The van der Waals surface area contributed by atoms with E-state index in [1.807, 2.05) is 90.9 Å². The van der Waals surface area contributed by atoms with Gasteiger partial charge in [-0.05, 0) is 344 Å². The summed E-state index contributed by atoms with van der Waals surface area (Å²) in [5.41, 5.74) is 15.1. The van der Waals surface area contributed by atoms with Crippen LogP contribution >= 0.6 is 81.7 Å². The maximum atomic E-state index is 13.9. The second-order valence-corrected chi connectivity index (χ2v) is 38.8. The predicted octanol–water partition coefficient (Wildman–Crippen LogP) is 25.5. The van der Waals surface area contributed by atoms with E-state index < -0.39 is 0 Å². The summed E-state index contributed by atoms with van der Waals surface area (Å²) >= 11 is 30.0. The lowest BCUT2D eigenvalue weighted by atomic mass is 9.74. The summed E-state index contributed by atoms with van der Waals surface area (Å²) in [5, 5.41) is 2.14. The van der Waals surface area contributed by atoms with Crippen LogP contribution < -0.4 is 14.7 Å². The first-order valence-corrected chi connectivity index (χ1v) is 46.6. The summed E-state index contributed by atoms with van der Waals surface area (Å²) in [5.74, 6) is -1.08. The number of pyridine rings is 3. The molecular formula is C104H95Cl4F4N9O3S3. The number of carbonyl (C=O) groups is 3. The van der Waals surface area contributed by atoms with Gasteiger partial charge in [-0.1, -0.05) is 155 Å². The van der Waals surface area contributed by atoms with Gasteiger partial charge in [-0.25, -0.2) is 27.5 Å². The molecule has 0 unspecified atom stereocenters. The van der Waals surface area contributed by atoms with E-state index in [4.69, 9.17) is 46.4 Å². The van der Waals surface area contributed by atoms with Crippen LogP contribution in [0.2, 0.25) is 20.4 Å². The third kappa shape index (κ3) is 21.4. The lowest BCUT2D eigenvalue weighted by Gasteiger charge is -2.39. The number of hydrogen-bond acceptors (Lipinski definition) is 12. The smallest absolute Gasteiger partial charge is 0.258 e. The van der Waals surface area contributed by atoms with Gasteiger partial charge in [0.05, 0.1) is 0 Å². The van der Waals surface area contributed by atoms with Gasteiger partial charge in [-0.3, -0.25) is 34.1 Å². The molecule has 127 heavy (non-hydrogen) atoms. The number of anilines is 3. The van der Waals surface area contributed by atoms with Gasteiger partial charge in [0.1, 0.15) is 33.6 Å². The van der Waals surface area contributed by atoms with Crippen LogP contribution in [0.15, 0.2) is 278 Å². The average molecular weight is 1830 g/mol. The monoisotopic (exact) mass is 1830 g/mol. The number of amides is 3. The minimum Gasteiger partial charge on any atom is -0.307 e. The van der Waals surface area contributed by atoms with Crippen LogP contribution in [0.25, 0.3) is 18.2 Å². The molecule has 12 aromatic rings. The topological polar surface area (TPSA) is 109 Å². The fourth-order valence-corrected chi connectivity index (χ4v) is 21.6. The van der Waals surface area contributed by atoms with E-state index in [2.05, 4.69) is 121 Å². The molecule has 0 aliphatic carbocycles. The Hall–Kier alpha value is -10.1. The van der Waals surface area contributed by atoms with Crippen LogP contribution in [0.5, 0.6) is 0 Å². The quantitative estimate of drug-likeness (QED) is 0.0603. The Morgan fingerprint density at radius 2 is 0.732 bits per heavy atom. The highest BCUT2D eigenvalue weighted by atomic mass is 35.5. The van der Waals surface area contributed by atoms with E-state index in [0.29, 0.717) is 52.7 Å². The molecule has 0 atom stereocenters. The van der Waals surface area contributed by atoms with Crippen LogP contribution in [0, 0.1) is 57.9 Å². The highest BCUT2D eigenvalue weighted by Gasteiger charge is 2.50. The van der Waals surface area contributed by atoms with E-state index in [1.54, 1.807) is 133 Å². The molecule has 23 heteroatoms. The fourth-order valence-electron chi connectivity index (χ4n) is 18.0. The minimum absolute atomic E-state index is 0.0119. The van der Waals surface area contributed by atoms with Crippen LogP contribution in [-0.2, 0) is 16.2 Å². The summed E-state index contributed by atoms with van der Waals surface area (Å²) in [7, 11) is 0. The number of nitrogens with zero attached hydrogens (tertiary/aromatic N) is 9. The third-order valence-corrected chi connectivity index (χ3v) is 29.0. The number of halogens is 8. The number of benzene rings is 9. The van der Waals surface area contributed by atoms with E-state index in [-0.39, 0.29) is 62.4 Å². The van der Waals surface area contributed by atoms with E-state index >= 15 is 0 Å². The van der Waals surface area contributed by atoms with E-state index in [9.17, 15) is 31.9 Å². The van der Waals surface area contributed by atoms with Crippen molar-refractivity contribution in [2.75, 3.05) is 93.2 Å². The molecule has 3 amide bonds. The number of carbonyl (C=O) groups excluding carboxylic acids is 3. The first-order chi connectivity index (χ1) is 61.3. The van der Waals surface area contributed by atoms with Crippen molar-refractivity contribution in [3.05, 3.63) is 371 Å². The Bertz CT molecular complexity index is 6160. The van der Waals surface area contributed by atoms with Gasteiger partial charge >= 0.3 is 0 Å². The summed E-state index contributed by atoms with van der Waals surface area (Å²) in [4.78, 5) is 73.2. The number of fused-ring (bicyclic) bond motifs is 6. The van der Waals surface area contributed by atoms with Crippen molar-refractivity contribution >= 4 is 135 Å². The molecule has 0 N–H and O–H groups in total. The molecule has 6 aliphatic heterocycles. The van der Waals surface area contributed by atoms with Crippen molar-refractivity contribution in [3.8, 4) is 0 Å². The maximum absolute atomic E-state index is 13.9. The Labute approximate surface area is 773 Å². The molecule has 3 fully saturated rings. The molecule has 0 radical (unpaired) electrons. The van der Waals surface area contributed by atoms with Gasteiger partial charge in [-0.15, -0.1) is 0 Å². The lowest BCUT2D eigenvalue weighted by molar-refractivity contribution is 0.0970.